The number of carbonyl (C=O) groups is 2. The predicted octanol–water partition coefficient (Wildman–Crippen LogP) is 2.80. The SMILES string of the molecule is COc1c(NC(=O)OC(C)(C)C)csc1C(=O)O. The molecule has 0 atom stereocenters. The maximum absolute atomic E-state index is 11.5. The van der Waals surface area contributed by atoms with Crippen molar-refractivity contribution < 1.29 is 24.2 Å². The quantitative estimate of drug-likeness (QED) is 0.884. The van der Waals surface area contributed by atoms with E-state index in [2.05, 4.69) is 5.32 Å². The first-order valence-corrected chi connectivity index (χ1v) is 6.01. The number of methoxy groups -OCH3 is 1. The molecule has 1 aromatic heterocycles. The molecule has 0 aliphatic heterocycles. The second kappa shape index (κ2) is 5.26. The Balaban J connectivity index is 2.85. The Morgan fingerprint density at radius 1 is 1.39 bits per heavy atom. The van der Waals surface area contributed by atoms with Crippen molar-refractivity contribution in [3.05, 3.63) is 10.3 Å². The molecule has 1 rings (SSSR count). The van der Waals surface area contributed by atoms with E-state index in [0.29, 0.717) is 0 Å². The normalized spacial score (nSPS) is 10.9. The maximum Gasteiger partial charge on any atom is 0.412 e. The van der Waals surface area contributed by atoms with Crippen molar-refractivity contribution in [2.24, 2.45) is 0 Å². The lowest BCUT2D eigenvalue weighted by Gasteiger charge is -2.19. The molecule has 0 saturated heterocycles. The lowest BCUT2D eigenvalue weighted by atomic mass is 10.2. The van der Waals surface area contributed by atoms with Crippen LogP contribution in [0, 0.1) is 0 Å². The van der Waals surface area contributed by atoms with E-state index in [1.54, 1.807) is 20.8 Å². The van der Waals surface area contributed by atoms with Gasteiger partial charge < -0.3 is 14.6 Å². The summed E-state index contributed by atoms with van der Waals surface area (Å²) in [5.41, 5.74) is -0.336. The number of hydrogen-bond acceptors (Lipinski definition) is 5. The highest BCUT2D eigenvalue weighted by molar-refractivity contribution is 7.13. The average Bonchev–Trinajstić information content (AvgIpc) is 2.57. The molecule has 6 nitrogen and oxygen atoms in total. The van der Waals surface area contributed by atoms with Crippen LogP contribution in [0.2, 0.25) is 0 Å². The Morgan fingerprint density at radius 2 is 2.00 bits per heavy atom. The van der Waals surface area contributed by atoms with Gasteiger partial charge in [-0.3, -0.25) is 5.32 Å². The average molecular weight is 273 g/mol. The molecule has 7 heteroatoms. The first kappa shape index (κ1) is 14.3. The molecule has 0 fully saturated rings. The van der Waals surface area contributed by atoms with Gasteiger partial charge in [-0.1, -0.05) is 0 Å². The van der Waals surface area contributed by atoms with Crippen LogP contribution in [0.25, 0.3) is 0 Å². The molecule has 0 aliphatic rings. The van der Waals surface area contributed by atoms with Gasteiger partial charge in [0.05, 0.1) is 12.8 Å². The number of thiophene rings is 1. The van der Waals surface area contributed by atoms with E-state index in [4.69, 9.17) is 14.6 Å². The van der Waals surface area contributed by atoms with Crippen LogP contribution >= 0.6 is 11.3 Å². The van der Waals surface area contributed by atoms with Gasteiger partial charge in [-0.05, 0) is 20.8 Å². The minimum atomic E-state index is -1.10. The minimum Gasteiger partial charge on any atom is -0.493 e. The Kier molecular flexibility index (Phi) is 4.18. The highest BCUT2D eigenvalue weighted by Gasteiger charge is 2.22. The summed E-state index contributed by atoms with van der Waals surface area (Å²) in [6.45, 7) is 5.21. The fourth-order valence-corrected chi connectivity index (χ4v) is 2.00. The van der Waals surface area contributed by atoms with E-state index >= 15 is 0 Å². The number of anilines is 1. The third kappa shape index (κ3) is 3.63. The lowest BCUT2D eigenvalue weighted by molar-refractivity contribution is 0.0632. The summed E-state index contributed by atoms with van der Waals surface area (Å²) in [5.74, 6) is -0.979. The summed E-state index contributed by atoms with van der Waals surface area (Å²) in [7, 11) is 1.34. The number of carbonyl (C=O) groups excluding carboxylic acids is 1. The minimum absolute atomic E-state index is 0.0311. The lowest BCUT2D eigenvalue weighted by Crippen LogP contribution is -2.27. The molecule has 0 aliphatic carbocycles. The molecular weight excluding hydrogens is 258 g/mol. The van der Waals surface area contributed by atoms with Gasteiger partial charge in [-0.25, -0.2) is 9.59 Å². The van der Waals surface area contributed by atoms with Crippen LogP contribution < -0.4 is 10.1 Å². The van der Waals surface area contributed by atoms with Crippen molar-refractivity contribution in [2.45, 2.75) is 26.4 Å². The molecule has 18 heavy (non-hydrogen) atoms. The number of carboxylic acid groups (broad SMARTS) is 1. The summed E-state index contributed by atoms with van der Waals surface area (Å²) < 4.78 is 10.0. The molecule has 0 unspecified atom stereocenters. The van der Waals surface area contributed by atoms with Crippen molar-refractivity contribution in [1.29, 1.82) is 0 Å². The Hall–Kier alpha value is -1.76. The molecule has 0 saturated carbocycles. The molecule has 0 bridgehead atoms. The predicted molar refractivity (Wildman–Crippen MR) is 67.7 cm³/mol. The Labute approximate surface area is 109 Å². The first-order valence-electron chi connectivity index (χ1n) is 5.13. The topological polar surface area (TPSA) is 84.9 Å². The smallest absolute Gasteiger partial charge is 0.412 e. The van der Waals surface area contributed by atoms with Crippen LogP contribution in [0.15, 0.2) is 5.38 Å². The Morgan fingerprint density at radius 3 is 2.44 bits per heavy atom. The van der Waals surface area contributed by atoms with Crippen LogP contribution in [0.5, 0.6) is 5.75 Å². The molecule has 0 spiro atoms. The van der Waals surface area contributed by atoms with E-state index in [0.717, 1.165) is 11.3 Å². The van der Waals surface area contributed by atoms with Crippen LogP contribution in [0.4, 0.5) is 10.5 Å². The number of amides is 1. The molecule has 1 amide bonds. The monoisotopic (exact) mass is 273 g/mol. The first-order chi connectivity index (χ1) is 8.24. The fourth-order valence-electron chi connectivity index (χ4n) is 1.20. The highest BCUT2D eigenvalue weighted by atomic mass is 32.1. The molecule has 2 N–H and O–H groups in total. The summed E-state index contributed by atoms with van der Waals surface area (Å²) in [6, 6.07) is 0. The third-order valence-corrected chi connectivity index (χ3v) is 2.73. The molecule has 100 valence electrons. The van der Waals surface area contributed by atoms with Crippen molar-refractivity contribution >= 4 is 29.1 Å². The summed E-state index contributed by atoms with van der Waals surface area (Å²) in [5, 5.41) is 12.9. The number of hydrogen-bond donors (Lipinski definition) is 2. The van der Waals surface area contributed by atoms with Crippen molar-refractivity contribution in [1.82, 2.24) is 0 Å². The van der Waals surface area contributed by atoms with Gasteiger partial charge in [0.2, 0.25) is 0 Å². The van der Waals surface area contributed by atoms with Gasteiger partial charge in [-0.15, -0.1) is 11.3 Å². The zero-order valence-electron chi connectivity index (χ0n) is 10.6. The van der Waals surface area contributed by atoms with E-state index < -0.39 is 17.7 Å². The zero-order chi connectivity index (χ0) is 13.9. The summed E-state index contributed by atoms with van der Waals surface area (Å²) in [6.07, 6.45) is -0.657. The van der Waals surface area contributed by atoms with Crippen molar-refractivity contribution in [3.8, 4) is 5.75 Å². The van der Waals surface area contributed by atoms with Crippen LogP contribution in [-0.4, -0.2) is 29.9 Å². The van der Waals surface area contributed by atoms with Crippen molar-refractivity contribution in [3.63, 3.8) is 0 Å². The van der Waals surface area contributed by atoms with Gasteiger partial charge in [0.25, 0.3) is 0 Å². The zero-order valence-corrected chi connectivity index (χ0v) is 11.4. The molecule has 0 aromatic carbocycles. The molecule has 1 heterocycles. The van der Waals surface area contributed by atoms with E-state index in [9.17, 15) is 9.59 Å². The summed E-state index contributed by atoms with van der Waals surface area (Å²) >= 11 is 0.974. The molecule has 0 radical (unpaired) electrons. The van der Waals surface area contributed by atoms with Gasteiger partial charge in [-0.2, -0.15) is 0 Å². The molecule has 1 aromatic rings. The second-order valence-electron chi connectivity index (χ2n) is 4.44. The van der Waals surface area contributed by atoms with E-state index in [-0.39, 0.29) is 16.3 Å². The second-order valence-corrected chi connectivity index (χ2v) is 5.32. The number of ether oxygens (including phenoxy) is 2. The van der Waals surface area contributed by atoms with E-state index in [1.165, 1.54) is 12.5 Å². The number of aromatic carboxylic acids is 1. The standard InChI is InChI=1S/C11H15NO5S/c1-11(2,3)17-10(15)12-6-5-18-8(9(13)14)7(6)16-4/h5H,1-4H3,(H,12,15)(H,13,14). The third-order valence-electron chi connectivity index (χ3n) is 1.78. The van der Waals surface area contributed by atoms with Crippen LogP contribution in [0.1, 0.15) is 30.4 Å². The number of nitrogens with one attached hydrogen (secondary N) is 1. The largest absolute Gasteiger partial charge is 0.493 e. The molecular formula is C11H15NO5S. The van der Waals surface area contributed by atoms with Gasteiger partial charge in [0.15, 0.2) is 10.6 Å². The van der Waals surface area contributed by atoms with Gasteiger partial charge in [0.1, 0.15) is 5.60 Å². The highest BCUT2D eigenvalue weighted by Crippen LogP contribution is 2.35. The number of carboxylic acids is 1. The van der Waals surface area contributed by atoms with Crippen LogP contribution in [-0.2, 0) is 4.74 Å². The number of rotatable bonds is 3. The maximum atomic E-state index is 11.5. The van der Waals surface area contributed by atoms with Gasteiger partial charge in [0, 0.05) is 5.38 Å². The Bertz CT molecular complexity index is 460. The van der Waals surface area contributed by atoms with E-state index in [1.807, 2.05) is 0 Å². The van der Waals surface area contributed by atoms with Crippen molar-refractivity contribution in [2.75, 3.05) is 12.4 Å². The summed E-state index contributed by atoms with van der Waals surface area (Å²) in [4.78, 5) is 22.5. The van der Waals surface area contributed by atoms with Gasteiger partial charge >= 0.3 is 12.1 Å². The fraction of sp³-hybridized carbons (Fsp3) is 0.455. The van der Waals surface area contributed by atoms with Crippen LogP contribution in [0.3, 0.4) is 0 Å².